The summed E-state index contributed by atoms with van der Waals surface area (Å²) in [6, 6.07) is 10.9. The lowest BCUT2D eigenvalue weighted by Crippen LogP contribution is -2.48. The molecule has 0 bridgehead atoms. The number of aliphatic carboxylic acids is 1. The van der Waals surface area contributed by atoms with Crippen LogP contribution in [0, 0.1) is 0 Å². The molecule has 8 heteroatoms. The van der Waals surface area contributed by atoms with Gasteiger partial charge in [-0.3, -0.25) is 14.2 Å². The quantitative estimate of drug-likeness (QED) is 0.698. The van der Waals surface area contributed by atoms with Crippen LogP contribution in [0.2, 0.25) is 0 Å². The van der Waals surface area contributed by atoms with Crippen LogP contribution in [0.25, 0.3) is 10.9 Å². The van der Waals surface area contributed by atoms with Crippen molar-refractivity contribution >= 4 is 22.8 Å². The highest BCUT2D eigenvalue weighted by Gasteiger charge is 2.35. The van der Waals surface area contributed by atoms with Crippen LogP contribution in [0.1, 0.15) is 28.4 Å². The lowest BCUT2D eigenvalue weighted by atomic mass is 9.93. The SMILES string of the molecule is CCn1c(=O)[nH]c2cc(C(=O)N3Cc4ccccc4C[C@@H]3C(=O)O)ccc2c1=O. The van der Waals surface area contributed by atoms with Gasteiger partial charge in [-0.05, 0) is 36.2 Å². The first kappa shape index (κ1) is 18.7. The Hall–Kier alpha value is -3.68. The van der Waals surface area contributed by atoms with Crippen molar-refractivity contribution < 1.29 is 14.7 Å². The molecule has 2 aromatic carbocycles. The second kappa shape index (κ2) is 7.05. The van der Waals surface area contributed by atoms with E-state index in [0.717, 1.165) is 15.7 Å². The summed E-state index contributed by atoms with van der Waals surface area (Å²) in [6.45, 7) is 2.11. The Bertz CT molecular complexity index is 1260. The number of aromatic amines is 1. The summed E-state index contributed by atoms with van der Waals surface area (Å²) in [5, 5.41) is 9.94. The van der Waals surface area contributed by atoms with E-state index in [-0.39, 0.29) is 30.6 Å². The van der Waals surface area contributed by atoms with Crippen molar-refractivity contribution in [3.05, 3.63) is 80.0 Å². The van der Waals surface area contributed by atoms with Crippen LogP contribution in [0.15, 0.2) is 52.1 Å². The van der Waals surface area contributed by atoms with Crippen LogP contribution in [-0.2, 0) is 24.3 Å². The van der Waals surface area contributed by atoms with Gasteiger partial charge in [0.25, 0.3) is 11.5 Å². The molecular formula is C21H19N3O5. The number of hydrogen-bond acceptors (Lipinski definition) is 4. The lowest BCUT2D eigenvalue weighted by molar-refractivity contribution is -0.142. The molecule has 1 aliphatic heterocycles. The van der Waals surface area contributed by atoms with Gasteiger partial charge < -0.3 is 15.0 Å². The van der Waals surface area contributed by atoms with Crippen LogP contribution in [0.5, 0.6) is 0 Å². The zero-order valence-corrected chi connectivity index (χ0v) is 15.7. The summed E-state index contributed by atoms with van der Waals surface area (Å²) in [4.78, 5) is 53.4. The Morgan fingerprint density at radius 3 is 2.55 bits per heavy atom. The van der Waals surface area contributed by atoms with Crippen molar-refractivity contribution in [1.29, 1.82) is 0 Å². The molecule has 0 spiro atoms. The maximum Gasteiger partial charge on any atom is 0.328 e. The molecule has 0 unspecified atom stereocenters. The van der Waals surface area contributed by atoms with Crippen LogP contribution < -0.4 is 11.2 Å². The van der Waals surface area contributed by atoms with E-state index < -0.39 is 29.2 Å². The summed E-state index contributed by atoms with van der Waals surface area (Å²) >= 11 is 0. The number of benzene rings is 2. The normalized spacial score (nSPS) is 15.9. The fourth-order valence-electron chi connectivity index (χ4n) is 3.80. The molecule has 148 valence electrons. The molecule has 1 atom stereocenters. The van der Waals surface area contributed by atoms with Crippen LogP contribution in [0.3, 0.4) is 0 Å². The number of H-pyrrole nitrogens is 1. The van der Waals surface area contributed by atoms with Gasteiger partial charge in [0.2, 0.25) is 0 Å². The van der Waals surface area contributed by atoms with E-state index in [1.807, 2.05) is 24.3 Å². The van der Waals surface area contributed by atoms with E-state index in [1.165, 1.54) is 23.1 Å². The van der Waals surface area contributed by atoms with Crippen molar-refractivity contribution in [2.45, 2.75) is 32.5 Å². The average molecular weight is 393 g/mol. The molecule has 29 heavy (non-hydrogen) atoms. The summed E-state index contributed by atoms with van der Waals surface area (Å²) in [5.41, 5.74) is 1.29. The number of nitrogens with zero attached hydrogens (tertiary/aromatic N) is 2. The standard InChI is InChI=1S/C21H19N3O5/c1-2-23-19(26)15-8-7-13(9-16(15)22-21(23)29)18(25)24-11-14-6-4-3-5-12(14)10-17(24)20(27)28/h3-9,17H,2,10-11H2,1H3,(H,22,29)(H,27,28)/t17-/m1/s1. The van der Waals surface area contributed by atoms with Crippen molar-refractivity contribution in [2.24, 2.45) is 0 Å². The van der Waals surface area contributed by atoms with E-state index in [4.69, 9.17) is 0 Å². The Morgan fingerprint density at radius 1 is 1.14 bits per heavy atom. The Kier molecular flexibility index (Phi) is 4.54. The summed E-state index contributed by atoms with van der Waals surface area (Å²) in [5.74, 6) is -1.54. The topological polar surface area (TPSA) is 112 Å². The number of rotatable bonds is 3. The molecule has 2 N–H and O–H groups in total. The third kappa shape index (κ3) is 3.12. The second-order valence-corrected chi connectivity index (χ2v) is 7.00. The fraction of sp³-hybridized carbons (Fsp3) is 0.238. The van der Waals surface area contributed by atoms with Gasteiger partial charge in [-0.2, -0.15) is 0 Å². The number of amides is 1. The van der Waals surface area contributed by atoms with Gasteiger partial charge in [0.05, 0.1) is 10.9 Å². The van der Waals surface area contributed by atoms with E-state index in [9.17, 15) is 24.3 Å². The first-order chi connectivity index (χ1) is 13.9. The number of carbonyl (C=O) groups is 2. The number of nitrogens with one attached hydrogen (secondary N) is 1. The van der Waals surface area contributed by atoms with Gasteiger partial charge in [0.15, 0.2) is 0 Å². The van der Waals surface area contributed by atoms with Crippen molar-refractivity contribution in [2.75, 3.05) is 0 Å². The molecule has 1 aromatic heterocycles. The largest absolute Gasteiger partial charge is 0.480 e. The zero-order chi connectivity index (χ0) is 20.7. The van der Waals surface area contributed by atoms with Gasteiger partial charge in [-0.25, -0.2) is 9.59 Å². The Balaban J connectivity index is 1.77. The molecule has 0 radical (unpaired) electrons. The third-order valence-corrected chi connectivity index (χ3v) is 5.34. The lowest BCUT2D eigenvalue weighted by Gasteiger charge is -2.34. The summed E-state index contributed by atoms with van der Waals surface area (Å²) in [6.07, 6.45) is 0.225. The van der Waals surface area contributed by atoms with E-state index in [1.54, 1.807) is 6.92 Å². The monoisotopic (exact) mass is 393 g/mol. The molecule has 0 aliphatic carbocycles. The van der Waals surface area contributed by atoms with Gasteiger partial charge >= 0.3 is 11.7 Å². The first-order valence-corrected chi connectivity index (χ1v) is 9.28. The predicted molar refractivity (Wildman–Crippen MR) is 106 cm³/mol. The minimum absolute atomic E-state index is 0.179. The molecule has 8 nitrogen and oxygen atoms in total. The molecule has 4 rings (SSSR count). The number of carboxylic acids is 1. The van der Waals surface area contributed by atoms with Crippen LogP contribution in [-0.4, -0.2) is 37.5 Å². The van der Waals surface area contributed by atoms with Gasteiger partial charge in [-0.1, -0.05) is 24.3 Å². The highest BCUT2D eigenvalue weighted by atomic mass is 16.4. The molecule has 3 aromatic rings. The molecule has 1 aliphatic rings. The number of fused-ring (bicyclic) bond motifs is 2. The fourth-order valence-corrected chi connectivity index (χ4v) is 3.80. The average Bonchev–Trinajstić information content (AvgIpc) is 2.72. The molecule has 2 heterocycles. The Labute approximate surface area is 165 Å². The maximum absolute atomic E-state index is 13.1. The molecule has 0 saturated heterocycles. The van der Waals surface area contributed by atoms with Crippen LogP contribution >= 0.6 is 0 Å². The van der Waals surface area contributed by atoms with Gasteiger partial charge in [0, 0.05) is 25.1 Å². The predicted octanol–water partition coefficient (Wildman–Crippen LogP) is 1.36. The molecular weight excluding hydrogens is 374 g/mol. The Morgan fingerprint density at radius 2 is 1.86 bits per heavy atom. The zero-order valence-electron chi connectivity index (χ0n) is 15.7. The third-order valence-electron chi connectivity index (χ3n) is 5.34. The number of hydrogen-bond donors (Lipinski definition) is 2. The smallest absolute Gasteiger partial charge is 0.328 e. The number of carboxylic acid groups (broad SMARTS) is 1. The van der Waals surface area contributed by atoms with Crippen LogP contribution in [0.4, 0.5) is 0 Å². The van der Waals surface area contributed by atoms with Gasteiger partial charge in [-0.15, -0.1) is 0 Å². The minimum atomic E-state index is -1.08. The van der Waals surface area contributed by atoms with E-state index in [0.29, 0.717) is 5.39 Å². The van der Waals surface area contributed by atoms with E-state index in [2.05, 4.69) is 4.98 Å². The maximum atomic E-state index is 13.1. The van der Waals surface area contributed by atoms with Gasteiger partial charge in [0.1, 0.15) is 6.04 Å². The van der Waals surface area contributed by atoms with E-state index >= 15 is 0 Å². The molecule has 1 amide bonds. The highest BCUT2D eigenvalue weighted by Crippen LogP contribution is 2.25. The second-order valence-electron chi connectivity index (χ2n) is 7.00. The number of aromatic nitrogens is 2. The first-order valence-electron chi connectivity index (χ1n) is 9.28. The van der Waals surface area contributed by atoms with Crippen molar-refractivity contribution in [3.63, 3.8) is 0 Å². The summed E-state index contributed by atoms with van der Waals surface area (Å²) < 4.78 is 1.08. The van der Waals surface area contributed by atoms with Crippen molar-refractivity contribution in [3.8, 4) is 0 Å². The number of carbonyl (C=O) groups excluding carboxylic acids is 1. The van der Waals surface area contributed by atoms with Crippen molar-refractivity contribution in [1.82, 2.24) is 14.5 Å². The molecule has 0 fully saturated rings. The minimum Gasteiger partial charge on any atom is -0.480 e. The highest BCUT2D eigenvalue weighted by molar-refractivity contribution is 5.99. The molecule has 0 saturated carbocycles. The summed E-state index contributed by atoms with van der Waals surface area (Å²) in [7, 11) is 0.